The number of para-hydroxylation sites is 1. The molecule has 0 aliphatic carbocycles. The van der Waals surface area contributed by atoms with Crippen molar-refractivity contribution in [1.29, 1.82) is 0 Å². The average Bonchev–Trinajstić information content (AvgIpc) is 3.15. The predicted molar refractivity (Wildman–Crippen MR) is 71.7 cm³/mol. The first kappa shape index (κ1) is 11.7. The monoisotopic (exact) mass is 260 g/mol. The van der Waals surface area contributed by atoms with Crippen LogP contribution in [0.3, 0.4) is 0 Å². The van der Waals surface area contributed by atoms with Crippen molar-refractivity contribution >= 4 is 0 Å². The van der Waals surface area contributed by atoms with Crippen molar-refractivity contribution in [2.45, 2.75) is 43.9 Å². The quantitative estimate of drug-likeness (QED) is 0.641. The zero-order chi connectivity index (χ0) is 12.8. The van der Waals surface area contributed by atoms with E-state index < -0.39 is 0 Å². The van der Waals surface area contributed by atoms with Gasteiger partial charge in [-0.05, 0) is 24.8 Å². The molecule has 1 aromatic carbocycles. The van der Waals surface area contributed by atoms with E-state index >= 15 is 0 Å². The average molecular weight is 260 g/mol. The minimum absolute atomic E-state index is 0.142. The van der Waals surface area contributed by atoms with Crippen LogP contribution < -0.4 is 16.0 Å². The molecule has 4 nitrogen and oxygen atoms in total. The molecule has 4 heteroatoms. The molecule has 4 rings (SSSR count). The Bertz CT molecular complexity index is 491. The molecule has 3 aliphatic heterocycles. The van der Waals surface area contributed by atoms with Gasteiger partial charge in [-0.3, -0.25) is 11.3 Å². The molecule has 0 aromatic heterocycles. The molecule has 0 amide bonds. The van der Waals surface area contributed by atoms with E-state index in [0.29, 0.717) is 18.1 Å². The summed E-state index contributed by atoms with van der Waals surface area (Å²) in [5.41, 5.74) is 5.53. The van der Waals surface area contributed by atoms with Crippen LogP contribution in [0.1, 0.15) is 36.4 Å². The highest BCUT2D eigenvalue weighted by Gasteiger charge is 2.45. The van der Waals surface area contributed by atoms with Crippen molar-refractivity contribution in [2.24, 2.45) is 11.8 Å². The van der Waals surface area contributed by atoms with Crippen LogP contribution in [0.5, 0.6) is 5.75 Å². The summed E-state index contributed by atoms with van der Waals surface area (Å²) in [6, 6.07) is 6.54. The van der Waals surface area contributed by atoms with Crippen LogP contribution in [0.25, 0.3) is 0 Å². The number of hydrogen-bond acceptors (Lipinski definition) is 4. The van der Waals surface area contributed by atoms with Gasteiger partial charge in [-0.1, -0.05) is 18.2 Å². The van der Waals surface area contributed by atoms with Gasteiger partial charge in [0.15, 0.2) is 0 Å². The first-order valence-electron chi connectivity index (χ1n) is 7.23. The van der Waals surface area contributed by atoms with E-state index in [-0.39, 0.29) is 6.04 Å². The molecule has 2 fully saturated rings. The molecule has 0 saturated carbocycles. The number of benzene rings is 1. The van der Waals surface area contributed by atoms with Gasteiger partial charge in [0, 0.05) is 17.9 Å². The van der Waals surface area contributed by atoms with Gasteiger partial charge in [-0.2, -0.15) is 0 Å². The van der Waals surface area contributed by atoms with Crippen LogP contribution in [0.4, 0.5) is 0 Å². The standard InChI is InChI=1S/C15H20N2O2/c16-17-14(12-8-10-4-5-13(12)19-10)11-3-1-2-9-6-7-18-15(9)11/h1-3,10,12-14,17H,4-8,16H2. The molecule has 0 radical (unpaired) electrons. The topological polar surface area (TPSA) is 56.5 Å². The molecule has 3 aliphatic rings. The largest absolute Gasteiger partial charge is 0.493 e. The third kappa shape index (κ3) is 1.78. The molecular formula is C15H20N2O2. The maximum Gasteiger partial charge on any atom is 0.127 e. The summed E-state index contributed by atoms with van der Waals surface area (Å²) in [7, 11) is 0. The fraction of sp³-hybridized carbons (Fsp3) is 0.600. The first-order valence-corrected chi connectivity index (χ1v) is 7.23. The van der Waals surface area contributed by atoms with E-state index in [1.807, 2.05) is 0 Å². The van der Waals surface area contributed by atoms with Crippen molar-refractivity contribution in [1.82, 2.24) is 5.43 Å². The van der Waals surface area contributed by atoms with E-state index in [1.165, 1.54) is 24.0 Å². The summed E-state index contributed by atoms with van der Waals surface area (Å²) in [6.07, 6.45) is 5.31. The van der Waals surface area contributed by atoms with Crippen LogP contribution in [-0.4, -0.2) is 18.8 Å². The third-order valence-electron chi connectivity index (χ3n) is 4.84. The molecule has 3 N–H and O–H groups in total. The maximum absolute atomic E-state index is 5.97. The maximum atomic E-state index is 5.97. The van der Waals surface area contributed by atoms with Crippen LogP contribution in [0.2, 0.25) is 0 Å². The molecule has 4 atom stereocenters. The van der Waals surface area contributed by atoms with Gasteiger partial charge in [0.05, 0.1) is 24.9 Å². The number of fused-ring (bicyclic) bond motifs is 3. The first-order chi connectivity index (χ1) is 9.36. The van der Waals surface area contributed by atoms with Crippen LogP contribution in [0, 0.1) is 5.92 Å². The van der Waals surface area contributed by atoms with Crippen molar-refractivity contribution < 1.29 is 9.47 Å². The number of hydrazine groups is 1. The molecule has 3 heterocycles. The number of hydrogen-bond donors (Lipinski definition) is 2. The second kappa shape index (κ2) is 4.47. The van der Waals surface area contributed by atoms with Crippen molar-refractivity contribution in [2.75, 3.05) is 6.61 Å². The Morgan fingerprint density at radius 2 is 2.26 bits per heavy atom. The van der Waals surface area contributed by atoms with E-state index in [0.717, 1.165) is 25.2 Å². The molecule has 2 saturated heterocycles. The fourth-order valence-electron chi connectivity index (χ4n) is 3.96. The molecule has 0 spiro atoms. The molecule has 2 bridgehead atoms. The summed E-state index contributed by atoms with van der Waals surface area (Å²) in [5, 5.41) is 0. The van der Waals surface area contributed by atoms with Crippen molar-refractivity contribution in [3.05, 3.63) is 29.3 Å². The van der Waals surface area contributed by atoms with Gasteiger partial charge < -0.3 is 9.47 Å². The lowest BCUT2D eigenvalue weighted by atomic mass is 9.80. The van der Waals surface area contributed by atoms with Gasteiger partial charge in [-0.15, -0.1) is 0 Å². The highest BCUT2D eigenvalue weighted by molar-refractivity contribution is 5.46. The van der Waals surface area contributed by atoms with Gasteiger partial charge in [0.2, 0.25) is 0 Å². The second-order valence-electron chi connectivity index (χ2n) is 5.85. The summed E-state index contributed by atoms with van der Waals surface area (Å²) in [4.78, 5) is 0. The molecule has 1 aromatic rings. The van der Waals surface area contributed by atoms with Gasteiger partial charge in [0.1, 0.15) is 5.75 Å². The van der Waals surface area contributed by atoms with Gasteiger partial charge in [-0.25, -0.2) is 0 Å². The van der Waals surface area contributed by atoms with E-state index in [2.05, 4.69) is 23.6 Å². The lowest BCUT2D eigenvalue weighted by Gasteiger charge is -2.29. The molecular weight excluding hydrogens is 240 g/mol. The summed E-state index contributed by atoms with van der Waals surface area (Å²) >= 11 is 0. The molecule has 19 heavy (non-hydrogen) atoms. The smallest absolute Gasteiger partial charge is 0.127 e. The Morgan fingerprint density at radius 3 is 3.00 bits per heavy atom. The van der Waals surface area contributed by atoms with Crippen molar-refractivity contribution in [3.63, 3.8) is 0 Å². The number of rotatable bonds is 3. The lowest BCUT2D eigenvalue weighted by Crippen LogP contribution is -2.37. The predicted octanol–water partition coefficient (Wildman–Crippen LogP) is 1.69. The van der Waals surface area contributed by atoms with E-state index in [1.54, 1.807) is 0 Å². The van der Waals surface area contributed by atoms with Crippen LogP contribution in [0.15, 0.2) is 18.2 Å². The Morgan fingerprint density at radius 1 is 1.32 bits per heavy atom. The lowest BCUT2D eigenvalue weighted by molar-refractivity contribution is 0.0854. The van der Waals surface area contributed by atoms with Gasteiger partial charge in [0.25, 0.3) is 0 Å². The van der Waals surface area contributed by atoms with E-state index in [4.69, 9.17) is 15.3 Å². The minimum Gasteiger partial charge on any atom is -0.493 e. The van der Waals surface area contributed by atoms with Crippen molar-refractivity contribution in [3.8, 4) is 5.75 Å². The minimum atomic E-state index is 0.142. The zero-order valence-corrected chi connectivity index (χ0v) is 11.0. The third-order valence-corrected chi connectivity index (χ3v) is 4.84. The molecule has 102 valence electrons. The summed E-state index contributed by atoms with van der Waals surface area (Å²) in [6.45, 7) is 0.789. The Balaban J connectivity index is 1.68. The number of nitrogens with one attached hydrogen (secondary N) is 1. The SMILES string of the molecule is NNC(c1cccc2c1OCC2)C1CC2CCC1O2. The summed E-state index contributed by atoms with van der Waals surface area (Å²) in [5.74, 6) is 7.37. The Kier molecular flexibility index (Phi) is 2.76. The van der Waals surface area contributed by atoms with Crippen LogP contribution in [-0.2, 0) is 11.2 Å². The number of nitrogens with two attached hydrogens (primary N) is 1. The second-order valence-corrected chi connectivity index (χ2v) is 5.85. The highest BCUT2D eigenvalue weighted by Crippen LogP contribution is 2.46. The fourth-order valence-corrected chi connectivity index (χ4v) is 3.96. The summed E-state index contributed by atoms with van der Waals surface area (Å²) < 4.78 is 11.8. The Labute approximate surface area is 113 Å². The molecule has 4 unspecified atom stereocenters. The van der Waals surface area contributed by atoms with E-state index in [9.17, 15) is 0 Å². The highest BCUT2D eigenvalue weighted by atomic mass is 16.5. The Hall–Kier alpha value is -1.10. The zero-order valence-electron chi connectivity index (χ0n) is 11.0. The van der Waals surface area contributed by atoms with Crippen LogP contribution >= 0.6 is 0 Å². The number of ether oxygens (including phenoxy) is 2. The van der Waals surface area contributed by atoms with Gasteiger partial charge >= 0.3 is 0 Å². The normalized spacial score (nSPS) is 33.2.